The lowest BCUT2D eigenvalue weighted by atomic mass is 10.0. The molecule has 0 aliphatic rings. The number of hydrogen-bond acceptors (Lipinski definition) is 4. The highest BCUT2D eigenvalue weighted by Gasteiger charge is 2.13. The van der Waals surface area contributed by atoms with Gasteiger partial charge in [-0.2, -0.15) is 5.26 Å². The Morgan fingerprint density at radius 1 is 1.06 bits per heavy atom. The van der Waals surface area contributed by atoms with Gasteiger partial charge in [0.1, 0.15) is 6.61 Å². The maximum Gasteiger partial charge on any atom is 0.335 e. The van der Waals surface area contributed by atoms with Crippen molar-refractivity contribution in [3.8, 4) is 17.6 Å². The van der Waals surface area contributed by atoms with Gasteiger partial charge in [-0.25, -0.2) is 4.79 Å². The molecule has 0 saturated carbocycles. The Bertz CT molecular complexity index is 1130. The minimum atomic E-state index is -0.968. The largest absolute Gasteiger partial charge is 0.490 e. The average Bonchev–Trinajstić information content (AvgIpc) is 2.78. The van der Waals surface area contributed by atoms with E-state index < -0.39 is 5.97 Å². The van der Waals surface area contributed by atoms with E-state index in [4.69, 9.17) is 14.6 Å². The smallest absolute Gasteiger partial charge is 0.335 e. The minimum Gasteiger partial charge on any atom is -0.490 e. The molecular weight excluding hydrogens is 458 g/mol. The fraction of sp³-hybridized carbons (Fsp3) is 0.120. The minimum absolute atomic E-state index is 0.225. The maximum absolute atomic E-state index is 11.0. The van der Waals surface area contributed by atoms with Crippen LogP contribution < -0.4 is 9.47 Å². The fourth-order valence-corrected chi connectivity index (χ4v) is 3.51. The third kappa shape index (κ3) is 5.74. The molecule has 5 nitrogen and oxygen atoms in total. The van der Waals surface area contributed by atoms with Crippen molar-refractivity contribution in [1.82, 2.24) is 0 Å². The van der Waals surface area contributed by atoms with Crippen LogP contribution in [0.15, 0.2) is 71.2 Å². The Balaban J connectivity index is 1.87. The zero-order valence-corrected chi connectivity index (χ0v) is 18.4. The number of nitriles is 1. The van der Waals surface area contributed by atoms with E-state index >= 15 is 0 Å². The SMILES string of the molecule is CCOc1cc(/C=C(\C#N)c2ccccc2)cc(Br)c1OCc1ccc(C(=O)O)cc1. The Labute approximate surface area is 189 Å². The third-order valence-corrected chi connectivity index (χ3v) is 5.02. The Hall–Kier alpha value is -3.56. The summed E-state index contributed by atoms with van der Waals surface area (Å²) >= 11 is 3.55. The van der Waals surface area contributed by atoms with Gasteiger partial charge >= 0.3 is 5.97 Å². The molecule has 0 aromatic heterocycles. The van der Waals surface area contributed by atoms with Crippen LogP contribution in [0.5, 0.6) is 11.5 Å². The second kappa shape index (κ2) is 10.5. The van der Waals surface area contributed by atoms with Crippen LogP contribution >= 0.6 is 15.9 Å². The van der Waals surface area contributed by atoms with Crippen molar-refractivity contribution in [2.45, 2.75) is 13.5 Å². The van der Waals surface area contributed by atoms with Crippen molar-refractivity contribution in [3.05, 3.63) is 93.5 Å². The number of carboxylic acids is 1. The van der Waals surface area contributed by atoms with Crippen LogP contribution in [0.3, 0.4) is 0 Å². The van der Waals surface area contributed by atoms with Crippen LogP contribution in [0.1, 0.15) is 34.0 Å². The van der Waals surface area contributed by atoms with Crippen LogP contribution in [0.4, 0.5) is 0 Å². The van der Waals surface area contributed by atoms with Crippen molar-refractivity contribution in [2.75, 3.05) is 6.61 Å². The molecule has 0 aliphatic heterocycles. The molecule has 3 rings (SSSR count). The van der Waals surface area contributed by atoms with Gasteiger partial charge in [0.15, 0.2) is 11.5 Å². The van der Waals surface area contributed by atoms with Crippen molar-refractivity contribution >= 4 is 33.5 Å². The molecule has 0 aliphatic carbocycles. The molecule has 1 N–H and O–H groups in total. The molecule has 3 aromatic carbocycles. The number of hydrogen-bond donors (Lipinski definition) is 1. The molecule has 0 radical (unpaired) electrons. The Morgan fingerprint density at radius 2 is 1.77 bits per heavy atom. The summed E-state index contributed by atoms with van der Waals surface area (Å²) in [5.74, 6) is 0.125. The van der Waals surface area contributed by atoms with Crippen LogP contribution in [0, 0.1) is 11.3 Å². The van der Waals surface area contributed by atoms with Crippen LogP contribution in [0.2, 0.25) is 0 Å². The van der Waals surface area contributed by atoms with Crippen molar-refractivity contribution in [1.29, 1.82) is 5.26 Å². The highest BCUT2D eigenvalue weighted by molar-refractivity contribution is 9.10. The zero-order chi connectivity index (χ0) is 22.2. The molecule has 0 spiro atoms. The van der Waals surface area contributed by atoms with Gasteiger partial charge in [-0.15, -0.1) is 0 Å². The van der Waals surface area contributed by atoms with Gasteiger partial charge in [0.25, 0.3) is 0 Å². The van der Waals surface area contributed by atoms with E-state index in [-0.39, 0.29) is 12.2 Å². The van der Waals surface area contributed by atoms with E-state index in [1.165, 1.54) is 0 Å². The van der Waals surface area contributed by atoms with Gasteiger partial charge in [-0.05, 0) is 69.9 Å². The lowest BCUT2D eigenvalue weighted by Gasteiger charge is -2.15. The number of allylic oxidation sites excluding steroid dienone is 1. The zero-order valence-electron chi connectivity index (χ0n) is 16.8. The molecule has 31 heavy (non-hydrogen) atoms. The molecule has 0 fully saturated rings. The van der Waals surface area contributed by atoms with E-state index in [9.17, 15) is 10.1 Å². The number of rotatable bonds is 8. The first-order valence-electron chi connectivity index (χ1n) is 9.60. The monoisotopic (exact) mass is 477 g/mol. The summed E-state index contributed by atoms with van der Waals surface area (Å²) < 4.78 is 12.4. The molecule has 0 heterocycles. The van der Waals surface area contributed by atoms with Gasteiger partial charge in [-0.1, -0.05) is 42.5 Å². The summed E-state index contributed by atoms with van der Waals surface area (Å²) in [5.41, 5.74) is 3.24. The van der Waals surface area contributed by atoms with Crippen molar-refractivity contribution in [3.63, 3.8) is 0 Å². The fourth-order valence-electron chi connectivity index (χ4n) is 2.94. The molecule has 3 aromatic rings. The van der Waals surface area contributed by atoms with Crippen LogP contribution in [-0.4, -0.2) is 17.7 Å². The number of aromatic carboxylic acids is 1. The molecule has 0 saturated heterocycles. The lowest BCUT2D eigenvalue weighted by Crippen LogP contribution is -2.02. The number of halogens is 1. The molecule has 6 heteroatoms. The van der Waals surface area contributed by atoms with E-state index in [2.05, 4.69) is 22.0 Å². The number of ether oxygens (including phenoxy) is 2. The van der Waals surface area contributed by atoms with Crippen LogP contribution in [0.25, 0.3) is 11.6 Å². The second-order valence-electron chi connectivity index (χ2n) is 6.59. The molecule has 0 unspecified atom stereocenters. The van der Waals surface area contributed by atoms with E-state index in [1.54, 1.807) is 30.3 Å². The molecule has 156 valence electrons. The predicted octanol–water partition coefficient (Wildman–Crippen LogP) is 6.19. The van der Waals surface area contributed by atoms with Gasteiger partial charge in [0.2, 0.25) is 0 Å². The summed E-state index contributed by atoms with van der Waals surface area (Å²) in [4.78, 5) is 11.0. The number of carboxylic acid groups (broad SMARTS) is 1. The molecule has 0 amide bonds. The van der Waals surface area contributed by atoms with Gasteiger partial charge in [-0.3, -0.25) is 0 Å². The van der Waals surface area contributed by atoms with Crippen molar-refractivity contribution < 1.29 is 19.4 Å². The van der Waals surface area contributed by atoms with Crippen LogP contribution in [-0.2, 0) is 6.61 Å². The predicted molar refractivity (Wildman–Crippen MR) is 123 cm³/mol. The topological polar surface area (TPSA) is 79.5 Å². The van der Waals surface area contributed by atoms with Crippen molar-refractivity contribution in [2.24, 2.45) is 0 Å². The summed E-state index contributed by atoms with van der Waals surface area (Å²) in [5, 5.41) is 18.6. The summed E-state index contributed by atoms with van der Waals surface area (Å²) in [6.07, 6.45) is 1.80. The normalized spacial score (nSPS) is 10.9. The lowest BCUT2D eigenvalue weighted by molar-refractivity contribution is 0.0697. The van der Waals surface area contributed by atoms with E-state index in [0.717, 1.165) is 16.7 Å². The van der Waals surface area contributed by atoms with Gasteiger partial charge < -0.3 is 14.6 Å². The number of nitrogens with zero attached hydrogens (tertiary/aromatic N) is 1. The quantitative estimate of drug-likeness (QED) is 0.309. The first kappa shape index (κ1) is 22.1. The maximum atomic E-state index is 11.0. The Morgan fingerprint density at radius 3 is 2.39 bits per heavy atom. The van der Waals surface area contributed by atoms with E-state index in [0.29, 0.717) is 28.2 Å². The summed E-state index contributed by atoms with van der Waals surface area (Å²) in [6.45, 7) is 2.59. The third-order valence-electron chi connectivity index (χ3n) is 4.43. The van der Waals surface area contributed by atoms with Gasteiger partial charge in [0, 0.05) is 0 Å². The summed E-state index contributed by atoms with van der Waals surface area (Å²) in [7, 11) is 0. The van der Waals surface area contributed by atoms with E-state index in [1.807, 2.05) is 49.4 Å². The standard InChI is InChI=1S/C25H20BrNO4/c1-2-30-23-14-18(12-21(15-27)19-6-4-3-5-7-19)13-22(26)24(23)31-16-17-8-10-20(11-9-17)25(28)29/h3-14H,2,16H2,1H3,(H,28,29)/b21-12+. The molecule has 0 atom stereocenters. The first-order chi connectivity index (χ1) is 15.0. The highest BCUT2D eigenvalue weighted by Crippen LogP contribution is 2.38. The number of carbonyl (C=O) groups is 1. The Kier molecular flexibility index (Phi) is 7.47. The second-order valence-corrected chi connectivity index (χ2v) is 7.44. The number of benzene rings is 3. The van der Waals surface area contributed by atoms with Gasteiger partial charge in [0.05, 0.1) is 28.3 Å². The molecular formula is C25H20BrNO4. The molecule has 0 bridgehead atoms. The average molecular weight is 478 g/mol. The highest BCUT2D eigenvalue weighted by atomic mass is 79.9. The first-order valence-corrected chi connectivity index (χ1v) is 10.4. The summed E-state index contributed by atoms with van der Waals surface area (Å²) in [6, 6.07) is 21.9.